The van der Waals surface area contributed by atoms with Gasteiger partial charge in [0.2, 0.25) is 0 Å². The largest absolute Gasteiger partial charge is 0.338 e. The number of hydrogen-bond donors (Lipinski definition) is 0. The summed E-state index contributed by atoms with van der Waals surface area (Å²) in [6, 6.07) is 9.55. The molecule has 0 aliphatic heterocycles. The molecule has 0 saturated carbocycles. The van der Waals surface area contributed by atoms with E-state index in [0.29, 0.717) is 16.7 Å². The molecule has 0 saturated heterocycles. The van der Waals surface area contributed by atoms with E-state index >= 15 is 0 Å². The molecule has 0 fully saturated rings. The Balaban J connectivity index is 2.49. The van der Waals surface area contributed by atoms with Crippen molar-refractivity contribution in [1.29, 1.82) is 0 Å². The normalized spacial score (nSPS) is 10.4. The van der Waals surface area contributed by atoms with Crippen LogP contribution in [-0.4, -0.2) is 19.5 Å². The number of alkyl halides is 1. The fourth-order valence-electron chi connectivity index (χ4n) is 1.81. The van der Waals surface area contributed by atoms with Crippen LogP contribution in [0.5, 0.6) is 0 Å². The molecule has 0 aliphatic rings. The van der Waals surface area contributed by atoms with Crippen LogP contribution in [0.4, 0.5) is 0 Å². The zero-order chi connectivity index (χ0) is 14.5. The second-order valence-corrected chi connectivity index (χ2v) is 5.26. The zero-order valence-corrected chi connectivity index (χ0v) is 12.8. The predicted octanol–water partition coefficient (Wildman–Crippen LogP) is 1.52. The molecule has 0 aliphatic carbocycles. The number of carbonyl (C=O) groups excluding carboxylic acids is 1. The van der Waals surface area contributed by atoms with Crippen molar-refractivity contribution in [1.82, 2.24) is 9.13 Å². The molecule has 1 aromatic carbocycles. The highest BCUT2D eigenvalue weighted by Crippen LogP contribution is 1.99. The Morgan fingerprint density at radius 1 is 1.10 bits per heavy atom. The van der Waals surface area contributed by atoms with Gasteiger partial charge in [0.15, 0.2) is 0 Å². The summed E-state index contributed by atoms with van der Waals surface area (Å²) in [5, 5.41) is 0. The summed E-state index contributed by atoms with van der Waals surface area (Å²) in [7, 11) is 0. The summed E-state index contributed by atoms with van der Waals surface area (Å²) in [5.41, 5.74) is -0.871. The predicted molar refractivity (Wildman–Crippen MR) is 84.6 cm³/mol. The number of aromatic nitrogens is 2. The SMILES string of the molecule is O=C(c1ccccc1)n1c(=O)ccn(CCCI)c1=O. The maximum absolute atomic E-state index is 12.3. The highest BCUT2D eigenvalue weighted by Gasteiger charge is 2.14. The molecule has 0 unspecified atom stereocenters. The van der Waals surface area contributed by atoms with E-state index < -0.39 is 17.2 Å². The standard InChI is InChI=1S/C14H13IN2O3/c15-8-4-9-16-10-7-12(18)17(14(16)20)13(19)11-5-2-1-3-6-11/h1-3,5-7,10H,4,8-9H2. The molecule has 6 heteroatoms. The molecule has 0 spiro atoms. The van der Waals surface area contributed by atoms with Gasteiger partial charge >= 0.3 is 5.69 Å². The van der Waals surface area contributed by atoms with Crippen LogP contribution in [0.1, 0.15) is 16.8 Å². The molecule has 0 N–H and O–H groups in total. The molecule has 1 aromatic heterocycles. The van der Waals surface area contributed by atoms with Crippen molar-refractivity contribution in [2.45, 2.75) is 13.0 Å². The van der Waals surface area contributed by atoms with Crippen LogP contribution in [0.3, 0.4) is 0 Å². The summed E-state index contributed by atoms with van der Waals surface area (Å²) in [5.74, 6) is -0.593. The van der Waals surface area contributed by atoms with Crippen molar-refractivity contribution in [3.63, 3.8) is 0 Å². The summed E-state index contributed by atoms with van der Waals surface area (Å²) in [6.45, 7) is 0.490. The number of rotatable bonds is 4. The van der Waals surface area contributed by atoms with Gasteiger partial charge < -0.3 is 4.57 Å². The Morgan fingerprint density at radius 2 is 1.80 bits per heavy atom. The van der Waals surface area contributed by atoms with Crippen molar-refractivity contribution >= 4 is 28.5 Å². The van der Waals surface area contributed by atoms with E-state index in [1.54, 1.807) is 30.3 Å². The van der Waals surface area contributed by atoms with Gasteiger partial charge in [0.1, 0.15) is 0 Å². The van der Waals surface area contributed by atoms with Gasteiger partial charge in [-0.15, -0.1) is 0 Å². The van der Waals surface area contributed by atoms with Crippen LogP contribution in [-0.2, 0) is 6.54 Å². The van der Waals surface area contributed by atoms with E-state index in [4.69, 9.17) is 0 Å². The molecule has 2 rings (SSSR count). The molecule has 0 amide bonds. The van der Waals surface area contributed by atoms with Crippen molar-refractivity contribution < 1.29 is 4.79 Å². The number of benzene rings is 1. The topological polar surface area (TPSA) is 61.1 Å². The molecule has 0 atom stereocenters. The van der Waals surface area contributed by atoms with Gasteiger partial charge in [-0.3, -0.25) is 9.59 Å². The average Bonchev–Trinajstić information content (AvgIpc) is 2.47. The summed E-state index contributed by atoms with van der Waals surface area (Å²) < 4.78 is 2.97. The first-order valence-electron chi connectivity index (χ1n) is 6.13. The molecule has 20 heavy (non-hydrogen) atoms. The third kappa shape index (κ3) is 3.06. The molecule has 5 nitrogen and oxygen atoms in total. The second-order valence-electron chi connectivity index (χ2n) is 4.18. The highest BCUT2D eigenvalue weighted by molar-refractivity contribution is 14.1. The third-order valence-electron chi connectivity index (χ3n) is 2.81. The summed E-state index contributed by atoms with van der Waals surface area (Å²) in [6.07, 6.45) is 2.24. The minimum Gasteiger partial charge on any atom is -0.300 e. The molecule has 0 bridgehead atoms. The van der Waals surface area contributed by atoms with Crippen LogP contribution in [0.2, 0.25) is 0 Å². The molecule has 0 radical (unpaired) electrons. The first-order chi connectivity index (χ1) is 9.65. The van der Waals surface area contributed by atoms with Crippen molar-refractivity contribution in [3.8, 4) is 0 Å². The lowest BCUT2D eigenvalue weighted by Crippen LogP contribution is -2.43. The third-order valence-corrected chi connectivity index (χ3v) is 3.57. The van der Waals surface area contributed by atoms with Gasteiger partial charge in [0.25, 0.3) is 11.5 Å². The van der Waals surface area contributed by atoms with Crippen LogP contribution in [0.25, 0.3) is 0 Å². The summed E-state index contributed by atoms with van der Waals surface area (Å²) in [4.78, 5) is 36.3. The van der Waals surface area contributed by atoms with Crippen molar-refractivity contribution in [2.75, 3.05) is 4.43 Å². The number of carbonyl (C=O) groups is 1. The van der Waals surface area contributed by atoms with Gasteiger partial charge in [0, 0.05) is 28.8 Å². The maximum Gasteiger partial charge on any atom is 0.338 e. The molecule has 2 aromatic rings. The first kappa shape index (κ1) is 14.7. The molecule has 104 valence electrons. The van der Waals surface area contributed by atoms with Crippen LogP contribution in [0, 0.1) is 0 Å². The van der Waals surface area contributed by atoms with E-state index in [1.165, 1.54) is 16.8 Å². The van der Waals surface area contributed by atoms with E-state index in [9.17, 15) is 14.4 Å². The second kappa shape index (κ2) is 6.65. The first-order valence-corrected chi connectivity index (χ1v) is 7.66. The number of nitrogens with zero attached hydrogens (tertiary/aromatic N) is 2. The van der Waals surface area contributed by atoms with Gasteiger partial charge in [-0.1, -0.05) is 40.8 Å². The van der Waals surface area contributed by atoms with Gasteiger partial charge in [-0.05, 0) is 18.6 Å². The molecular weight excluding hydrogens is 371 g/mol. The fraction of sp³-hybridized carbons (Fsp3) is 0.214. The van der Waals surface area contributed by atoms with Gasteiger partial charge in [-0.25, -0.2) is 4.79 Å². The van der Waals surface area contributed by atoms with Gasteiger partial charge in [0.05, 0.1) is 0 Å². The molecule has 1 heterocycles. The Morgan fingerprint density at radius 3 is 2.45 bits per heavy atom. The van der Waals surface area contributed by atoms with Crippen LogP contribution < -0.4 is 11.2 Å². The lowest BCUT2D eigenvalue weighted by Gasteiger charge is -2.08. The molecular formula is C14H13IN2O3. The maximum atomic E-state index is 12.3. The minimum absolute atomic E-state index is 0.318. The van der Waals surface area contributed by atoms with Crippen LogP contribution >= 0.6 is 22.6 Å². The Labute approximate surface area is 129 Å². The highest BCUT2D eigenvalue weighted by atomic mass is 127. The zero-order valence-electron chi connectivity index (χ0n) is 10.7. The lowest BCUT2D eigenvalue weighted by atomic mass is 10.2. The smallest absolute Gasteiger partial charge is 0.300 e. The quantitative estimate of drug-likeness (QED) is 0.594. The average molecular weight is 384 g/mol. The van der Waals surface area contributed by atoms with E-state index in [-0.39, 0.29) is 0 Å². The number of halogens is 1. The summed E-state index contributed by atoms with van der Waals surface area (Å²) >= 11 is 2.21. The number of hydrogen-bond acceptors (Lipinski definition) is 3. The Kier molecular flexibility index (Phi) is 4.89. The van der Waals surface area contributed by atoms with Crippen LogP contribution in [0.15, 0.2) is 52.2 Å². The fourth-order valence-corrected chi connectivity index (χ4v) is 2.15. The van der Waals surface area contributed by atoms with Crippen molar-refractivity contribution in [2.24, 2.45) is 0 Å². The monoisotopic (exact) mass is 384 g/mol. The number of aryl methyl sites for hydroxylation is 1. The Bertz CT molecular complexity index is 719. The van der Waals surface area contributed by atoms with E-state index in [0.717, 1.165) is 10.8 Å². The Hall–Kier alpha value is -1.70. The lowest BCUT2D eigenvalue weighted by molar-refractivity contribution is 0.0948. The van der Waals surface area contributed by atoms with E-state index in [1.807, 2.05) is 0 Å². The van der Waals surface area contributed by atoms with E-state index in [2.05, 4.69) is 22.6 Å². The van der Waals surface area contributed by atoms with Gasteiger partial charge in [-0.2, -0.15) is 4.57 Å². The van der Waals surface area contributed by atoms with Crippen molar-refractivity contribution in [3.05, 3.63) is 69.0 Å². The minimum atomic E-state index is -0.602.